The second-order valence-corrected chi connectivity index (χ2v) is 7.00. The molecule has 1 aliphatic heterocycles. The molecule has 6 nitrogen and oxygen atoms in total. The Bertz CT molecular complexity index is 863. The van der Waals surface area contributed by atoms with Gasteiger partial charge in [0.25, 0.3) is 10.0 Å². The summed E-state index contributed by atoms with van der Waals surface area (Å²) in [7, 11) is -0.830. The van der Waals surface area contributed by atoms with Crippen molar-refractivity contribution in [3.8, 4) is 11.5 Å². The first-order chi connectivity index (χ1) is 11.6. The highest BCUT2D eigenvalue weighted by atomic mass is 32.2. The topological polar surface area (TPSA) is 68.2 Å². The van der Waals surface area contributed by atoms with Gasteiger partial charge in [-0.15, -0.1) is 0 Å². The van der Waals surface area contributed by atoms with Crippen LogP contribution >= 0.6 is 0 Å². The molecule has 126 valence electrons. The first kappa shape index (κ1) is 16.3. The summed E-state index contributed by atoms with van der Waals surface area (Å²) >= 11 is 0. The number of hydrogen-bond acceptors (Lipinski definition) is 5. The van der Waals surface area contributed by atoms with Gasteiger partial charge in [0.15, 0.2) is 0 Å². The molecule has 0 aromatic heterocycles. The molecule has 2 aromatic rings. The normalized spacial score (nSPS) is 14.4. The van der Waals surface area contributed by atoms with Crippen LogP contribution in [0.1, 0.15) is 5.56 Å². The highest BCUT2D eigenvalue weighted by Crippen LogP contribution is 2.32. The minimum absolute atomic E-state index is 0.0938. The lowest BCUT2D eigenvalue weighted by Gasteiger charge is -2.22. The van der Waals surface area contributed by atoms with E-state index in [1.165, 1.54) is 24.6 Å². The van der Waals surface area contributed by atoms with Gasteiger partial charge in [-0.05, 0) is 12.1 Å². The Hall–Kier alpha value is -2.54. The highest BCUT2D eigenvalue weighted by molar-refractivity contribution is 7.89. The van der Waals surface area contributed by atoms with E-state index in [0.29, 0.717) is 24.7 Å². The van der Waals surface area contributed by atoms with Crippen LogP contribution in [0.15, 0.2) is 58.4 Å². The molecule has 0 amide bonds. The SMILES string of the molecule is COc1ccc(S(=O)(=O)N2CCN=C2c2ccccc2)c(OC)c1. The summed E-state index contributed by atoms with van der Waals surface area (Å²) in [5.74, 6) is 1.23. The Kier molecular flexibility index (Phi) is 4.44. The monoisotopic (exact) mass is 346 g/mol. The van der Waals surface area contributed by atoms with Crippen LogP contribution in [0.5, 0.6) is 11.5 Å². The van der Waals surface area contributed by atoms with Crippen molar-refractivity contribution in [3.05, 3.63) is 54.1 Å². The molecule has 2 aromatic carbocycles. The summed E-state index contributed by atoms with van der Waals surface area (Å²) in [6.07, 6.45) is 0. The maximum Gasteiger partial charge on any atom is 0.269 e. The average molecular weight is 346 g/mol. The van der Waals surface area contributed by atoms with Gasteiger partial charge in [0.05, 0.1) is 27.3 Å². The lowest BCUT2D eigenvalue weighted by atomic mass is 10.2. The van der Waals surface area contributed by atoms with Gasteiger partial charge in [0.2, 0.25) is 0 Å². The molecule has 0 N–H and O–H groups in total. The lowest BCUT2D eigenvalue weighted by Crippen LogP contribution is -2.35. The molecule has 1 aliphatic rings. The first-order valence-corrected chi connectivity index (χ1v) is 8.86. The van der Waals surface area contributed by atoms with E-state index in [9.17, 15) is 8.42 Å². The Morgan fingerprint density at radius 3 is 2.46 bits per heavy atom. The molecule has 0 fully saturated rings. The summed E-state index contributed by atoms with van der Waals surface area (Å²) < 4.78 is 37.9. The van der Waals surface area contributed by atoms with Crippen molar-refractivity contribution in [2.24, 2.45) is 4.99 Å². The number of ether oxygens (including phenoxy) is 2. The van der Waals surface area contributed by atoms with E-state index in [1.54, 1.807) is 12.1 Å². The molecule has 0 saturated heterocycles. The van der Waals surface area contributed by atoms with Gasteiger partial charge in [0, 0.05) is 11.6 Å². The standard InChI is InChI=1S/C17H18N2O4S/c1-22-14-8-9-16(15(12-14)23-2)24(20,21)19-11-10-18-17(19)13-6-4-3-5-7-13/h3-9,12H,10-11H2,1-2H3. The van der Waals surface area contributed by atoms with Gasteiger partial charge in [-0.2, -0.15) is 0 Å². The van der Waals surface area contributed by atoms with Crippen LogP contribution in [-0.4, -0.2) is 45.9 Å². The van der Waals surface area contributed by atoms with Crippen molar-refractivity contribution in [1.29, 1.82) is 0 Å². The molecule has 3 rings (SSSR count). The fraction of sp³-hybridized carbons (Fsp3) is 0.235. The Morgan fingerprint density at radius 1 is 1.04 bits per heavy atom. The van der Waals surface area contributed by atoms with Gasteiger partial charge in [0.1, 0.15) is 22.2 Å². The number of aliphatic imine (C=N–C) groups is 1. The molecule has 0 unspecified atom stereocenters. The molecule has 7 heteroatoms. The Morgan fingerprint density at radius 2 is 1.79 bits per heavy atom. The molecule has 0 atom stereocenters. The minimum atomic E-state index is -3.78. The molecule has 0 bridgehead atoms. The molecular weight excluding hydrogens is 328 g/mol. The van der Waals surface area contributed by atoms with Crippen LogP contribution in [0.25, 0.3) is 0 Å². The van der Waals surface area contributed by atoms with Crippen molar-refractivity contribution in [3.63, 3.8) is 0 Å². The fourth-order valence-corrected chi connectivity index (χ4v) is 4.18. The molecule has 0 aliphatic carbocycles. The number of benzene rings is 2. The van der Waals surface area contributed by atoms with Crippen LogP contribution in [0, 0.1) is 0 Å². The largest absolute Gasteiger partial charge is 0.497 e. The van der Waals surface area contributed by atoms with Crippen molar-refractivity contribution in [1.82, 2.24) is 4.31 Å². The van der Waals surface area contributed by atoms with E-state index < -0.39 is 10.0 Å². The van der Waals surface area contributed by atoms with Gasteiger partial charge < -0.3 is 9.47 Å². The number of nitrogens with zero attached hydrogens (tertiary/aromatic N) is 2. The van der Waals surface area contributed by atoms with Gasteiger partial charge in [-0.25, -0.2) is 12.7 Å². The summed E-state index contributed by atoms with van der Waals surface area (Å²) in [4.78, 5) is 4.46. The predicted molar refractivity (Wildman–Crippen MR) is 91.3 cm³/mol. The smallest absolute Gasteiger partial charge is 0.269 e. The maximum atomic E-state index is 13.1. The number of rotatable bonds is 5. The van der Waals surface area contributed by atoms with Gasteiger partial charge in [-0.3, -0.25) is 4.99 Å². The second-order valence-electron chi connectivity index (χ2n) is 5.17. The lowest BCUT2D eigenvalue weighted by molar-refractivity contribution is 0.385. The van der Waals surface area contributed by atoms with Crippen LogP contribution in [0.3, 0.4) is 0 Å². The van der Waals surface area contributed by atoms with E-state index in [-0.39, 0.29) is 10.6 Å². The second kappa shape index (κ2) is 6.52. The predicted octanol–water partition coefficient (Wildman–Crippen LogP) is 2.15. The quantitative estimate of drug-likeness (QED) is 0.832. The van der Waals surface area contributed by atoms with Crippen LogP contribution in [-0.2, 0) is 10.0 Å². The number of methoxy groups -OCH3 is 2. The molecule has 1 heterocycles. The molecular formula is C17H18N2O4S. The zero-order valence-corrected chi connectivity index (χ0v) is 14.3. The zero-order valence-electron chi connectivity index (χ0n) is 13.5. The van der Waals surface area contributed by atoms with Gasteiger partial charge in [-0.1, -0.05) is 30.3 Å². The summed E-state index contributed by atoms with van der Waals surface area (Å²) in [5.41, 5.74) is 0.769. The maximum absolute atomic E-state index is 13.1. The van der Waals surface area contributed by atoms with E-state index >= 15 is 0 Å². The molecule has 0 spiro atoms. The van der Waals surface area contributed by atoms with E-state index in [0.717, 1.165) is 5.56 Å². The number of amidine groups is 1. The van der Waals surface area contributed by atoms with Crippen LogP contribution in [0.4, 0.5) is 0 Å². The molecule has 0 radical (unpaired) electrons. The van der Waals surface area contributed by atoms with E-state index in [4.69, 9.17) is 9.47 Å². The van der Waals surface area contributed by atoms with Crippen molar-refractivity contribution in [2.75, 3.05) is 27.3 Å². The Labute approximate surface area is 141 Å². The van der Waals surface area contributed by atoms with Crippen molar-refractivity contribution < 1.29 is 17.9 Å². The third-order valence-electron chi connectivity index (χ3n) is 3.77. The highest BCUT2D eigenvalue weighted by Gasteiger charge is 2.33. The van der Waals surface area contributed by atoms with E-state index in [2.05, 4.69) is 4.99 Å². The first-order valence-electron chi connectivity index (χ1n) is 7.42. The molecule has 24 heavy (non-hydrogen) atoms. The Balaban J connectivity index is 2.04. The van der Waals surface area contributed by atoms with Crippen LogP contribution < -0.4 is 9.47 Å². The number of hydrogen-bond donors (Lipinski definition) is 0. The van der Waals surface area contributed by atoms with Crippen molar-refractivity contribution in [2.45, 2.75) is 4.90 Å². The van der Waals surface area contributed by atoms with Crippen molar-refractivity contribution >= 4 is 15.9 Å². The number of sulfonamides is 1. The third kappa shape index (κ3) is 2.82. The third-order valence-corrected chi connectivity index (χ3v) is 5.60. The molecule has 0 saturated carbocycles. The zero-order chi connectivity index (χ0) is 17.2. The summed E-state index contributed by atoms with van der Waals surface area (Å²) in [6.45, 7) is 0.740. The van der Waals surface area contributed by atoms with E-state index in [1.807, 2.05) is 30.3 Å². The summed E-state index contributed by atoms with van der Waals surface area (Å²) in [5, 5.41) is 0. The van der Waals surface area contributed by atoms with Crippen LogP contribution in [0.2, 0.25) is 0 Å². The average Bonchev–Trinajstić information content (AvgIpc) is 3.12. The summed E-state index contributed by atoms with van der Waals surface area (Å²) in [6, 6.07) is 13.9. The fourth-order valence-electron chi connectivity index (χ4n) is 2.59. The minimum Gasteiger partial charge on any atom is -0.497 e. The van der Waals surface area contributed by atoms with Gasteiger partial charge >= 0.3 is 0 Å².